The number of nitrogen functional groups attached to an aromatic ring is 1. The van der Waals surface area contributed by atoms with Crippen molar-refractivity contribution in [3.8, 4) is 10.6 Å². The van der Waals surface area contributed by atoms with Crippen molar-refractivity contribution in [2.24, 2.45) is 0 Å². The fourth-order valence-corrected chi connectivity index (χ4v) is 3.23. The standard InChI is InChI=1S/C14H11IN2S/c1-8-2-5-12-13(6-8)18-14(17-12)9-3-4-10(15)11(16)7-9/h2-7H,16H2,1H3. The Hall–Kier alpha value is -1.14. The second-order valence-electron chi connectivity index (χ2n) is 4.23. The minimum absolute atomic E-state index is 0.809. The molecule has 0 amide bonds. The fraction of sp³-hybridized carbons (Fsp3) is 0.0714. The van der Waals surface area contributed by atoms with Crippen molar-refractivity contribution in [2.75, 3.05) is 5.73 Å². The maximum absolute atomic E-state index is 5.95. The Bertz CT molecular complexity index is 734. The van der Waals surface area contributed by atoms with Gasteiger partial charge in [0, 0.05) is 14.8 Å². The summed E-state index contributed by atoms with van der Waals surface area (Å²) in [6.45, 7) is 2.10. The molecule has 0 saturated carbocycles. The molecule has 0 aliphatic heterocycles. The zero-order chi connectivity index (χ0) is 12.7. The predicted octanol–water partition coefficient (Wildman–Crippen LogP) is 4.46. The molecule has 90 valence electrons. The van der Waals surface area contributed by atoms with Crippen LogP contribution >= 0.6 is 33.9 Å². The largest absolute Gasteiger partial charge is 0.398 e. The number of fused-ring (bicyclic) bond motifs is 1. The highest BCUT2D eigenvalue weighted by Crippen LogP contribution is 2.32. The van der Waals surface area contributed by atoms with Crippen LogP contribution < -0.4 is 5.73 Å². The van der Waals surface area contributed by atoms with Crippen LogP contribution in [0.2, 0.25) is 0 Å². The normalized spacial score (nSPS) is 11.0. The van der Waals surface area contributed by atoms with Gasteiger partial charge in [-0.1, -0.05) is 12.1 Å². The lowest BCUT2D eigenvalue weighted by atomic mass is 10.2. The maximum atomic E-state index is 5.95. The number of aromatic nitrogens is 1. The van der Waals surface area contributed by atoms with Crippen molar-refractivity contribution in [1.29, 1.82) is 0 Å². The number of nitrogens with zero attached hydrogens (tertiary/aromatic N) is 1. The minimum atomic E-state index is 0.809. The highest BCUT2D eigenvalue weighted by Gasteiger charge is 2.07. The number of halogens is 1. The molecule has 2 nitrogen and oxygen atoms in total. The lowest BCUT2D eigenvalue weighted by Gasteiger charge is -2.00. The summed E-state index contributed by atoms with van der Waals surface area (Å²) in [7, 11) is 0. The van der Waals surface area contributed by atoms with Crippen molar-refractivity contribution < 1.29 is 0 Å². The molecule has 0 fully saturated rings. The Morgan fingerprint density at radius 2 is 2.00 bits per heavy atom. The average molecular weight is 366 g/mol. The lowest BCUT2D eigenvalue weighted by Crippen LogP contribution is -1.89. The van der Waals surface area contributed by atoms with Crippen LogP contribution in [0.15, 0.2) is 36.4 Å². The van der Waals surface area contributed by atoms with Gasteiger partial charge in [0.15, 0.2) is 0 Å². The summed E-state index contributed by atoms with van der Waals surface area (Å²) in [6, 6.07) is 12.4. The van der Waals surface area contributed by atoms with Gasteiger partial charge in [-0.15, -0.1) is 11.3 Å². The van der Waals surface area contributed by atoms with Crippen LogP contribution in [0.25, 0.3) is 20.8 Å². The molecule has 0 radical (unpaired) electrons. The van der Waals surface area contributed by atoms with Crippen molar-refractivity contribution in [2.45, 2.75) is 6.92 Å². The van der Waals surface area contributed by atoms with Crippen LogP contribution in [0, 0.1) is 10.5 Å². The number of anilines is 1. The van der Waals surface area contributed by atoms with Gasteiger partial charge in [0.05, 0.1) is 10.2 Å². The Balaban J connectivity index is 2.16. The van der Waals surface area contributed by atoms with Crippen LogP contribution in [0.5, 0.6) is 0 Å². The summed E-state index contributed by atoms with van der Waals surface area (Å²) in [6.07, 6.45) is 0. The third-order valence-electron chi connectivity index (χ3n) is 2.79. The van der Waals surface area contributed by atoms with E-state index in [1.165, 1.54) is 10.3 Å². The average Bonchev–Trinajstić information content (AvgIpc) is 2.75. The Labute approximate surface area is 123 Å². The number of nitrogens with two attached hydrogens (primary N) is 1. The molecule has 0 spiro atoms. The van der Waals surface area contributed by atoms with Crippen LogP contribution in [0.3, 0.4) is 0 Å². The number of thiazole rings is 1. The third kappa shape index (κ3) is 2.10. The molecule has 4 heteroatoms. The number of hydrogen-bond acceptors (Lipinski definition) is 3. The molecule has 1 heterocycles. The van der Waals surface area contributed by atoms with Gasteiger partial charge in [-0.05, 0) is 59.3 Å². The second-order valence-corrected chi connectivity index (χ2v) is 6.42. The summed E-state index contributed by atoms with van der Waals surface area (Å²) >= 11 is 3.95. The molecule has 18 heavy (non-hydrogen) atoms. The van der Waals surface area contributed by atoms with E-state index in [1.54, 1.807) is 11.3 Å². The Kier molecular flexibility index (Phi) is 2.99. The van der Waals surface area contributed by atoms with Crippen molar-refractivity contribution in [1.82, 2.24) is 4.98 Å². The highest BCUT2D eigenvalue weighted by atomic mass is 127. The smallest absolute Gasteiger partial charge is 0.124 e. The first-order valence-corrected chi connectivity index (χ1v) is 7.45. The summed E-state index contributed by atoms with van der Waals surface area (Å²) in [5, 5.41) is 1.03. The molecule has 3 rings (SSSR count). The van der Waals surface area contributed by atoms with E-state index in [-0.39, 0.29) is 0 Å². The monoisotopic (exact) mass is 366 g/mol. The van der Waals surface area contributed by atoms with Crippen molar-refractivity contribution in [3.05, 3.63) is 45.5 Å². The van der Waals surface area contributed by atoms with Crippen LogP contribution in [-0.2, 0) is 0 Å². The number of hydrogen-bond donors (Lipinski definition) is 1. The summed E-state index contributed by atoms with van der Waals surface area (Å²) in [5.74, 6) is 0. The molecule has 0 aliphatic carbocycles. The number of aryl methyl sites for hydroxylation is 1. The molecule has 0 bridgehead atoms. The van der Waals surface area contributed by atoms with E-state index in [0.717, 1.165) is 25.3 Å². The number of benzene rings is 2. The predicted molar refractivity (Wildman–Crippen MR) is 86.9 cm³/mol. The van der Waals surface area contributed by atoms with E-state index in [4.69, 9.17) is 5.73 Å². The van der Waals surface area contributed by atoms with Gasteiger partial charge < -0.3 is 5.73 Å². The molecule has 2 aromatic carbocycles. The van der Waals surface area contributed by atoms with Gasteiger partial charge in [0.1, 0.15) is 5.01 Å². The van der Waals surface area contributed by atoms with E-state index in [9.17, 15) is 0 Å². The fourth-order valence-electron chi connectivity index (χ4n) is 1.83. The summed E-state index contributed by atoms with van der Waals surface area (Å²) in [5.41, 5.74) is 10.2. The zero-order valence-corrected chi connectivity index (χ0v) is 12.7. The molecular formula is C14H11IN2S. The first-order chi connectivity index (χ1) is 8.63. The van der Waals surface area contributed by atoms with E-state index < -0.39 is 0 Å². The van der Waals surface area contributed by atoms with Crippen molar-refractivity contribution in [3.63, 3.8) is 0 Å². The van der Waals surface area contributed by atoms with Gasteiger partial charge in [-0.2, -0.15) is 0 Å². The van der Waals surface area contributed by atoms with E-state index >= 15 is 0 Å². The van der Waals surface area contributed by atoms with Crippen LogP contribution in [0.4, 0.5) is 5.69 Å². The zero-order valence-electron chi connectivity index (χ0n) is 9.77. The summed E-state index contributed by atoms with van der Waals surface area (Å²) in [4.78, 5) is 4.66. The second kappa shape index (κ2) is 4.51. The Morgan fingerprint density at radius 3 is 2.78 bits per heavy atom. The molecule has 0 unspecified atom stereocenters. The molecule has 0 saturated heterocycles. The van der Waals surface area contributed by atoms with Gasteiger partial charge in [0.25, 0.3) is 0 Å². The van der Waals surface area contributed by atoms with E-state index in [2.05, 4.69) is 58.8 Å². The molecule has 1 aromatic heterocycles. The lowest BCUT2D eigenvalue weighted by molar-refractivity contribution is 1.45. The minimum Gasteiger partial charge on any atom is -0.398 e. The van der Waals surface area contributed by atoms with Crippen LogP contribution in [0.1, 0.15) is 5.56 Å². The number of rotatable bonds is 1. The first-order valence-electron chi connectivity index (χ1n) is 5.56. The van der Waals surface area contributed by atoms with Crippen LogP contribution in [-0.4, -0.2) is 4.98 Å². The molecule has 0 aliphatic rings. The summed E-state index contributed by atoms with van der Waals surface area (Å²) < 4.78 is 2.30. The maximum Gasteiger partial charge on any atom is 0.124 e. The van der Waals surface area contributed by atoms with Gasteiger partial charge >= 0.3 is 0 Å². The molecule has 2 N–H and O–H groups in total. The first kappa shape index (κ1) is 11.9. The highest BCUT2D eigenvalue weighted by molar-refractivity contribution is 14.1. The van der Waals surface area contributed by atoms with Gasteiger partial charge in [-0.25, -0.2) is 4.98 Å². The van der Waals surface area contributed by atoms with Gasteiger partial charge in [-0.3, -0.25) is 0 Å². The van der Waals surface area contributed by atoms with Crippen molar-refractivity contribution >= 4 is 49.8 Å². The quantitative estimate of drug-likeness (QED) is 0.510. The van der Waals surface area contributed by atoms with Gasteiger partial charge in [0.2, 0.25) is 0 Å². The third-order valence-corrected chi connectivity index (χ3v) is 4.84. The van der Waals surface area contributed by atoms with E-state index in [1.807, 2.05) is 12.1 Å². The molecule has 3 aromatic rings. The molecule has 0 atom stereocenters. The Morgan fingerprint density at radius 1 is 1.17 bits per heavy atom. The topological polar surface area (TPSA) is 38.9 Å². The molecular weight excluding hydrogens is 355 g/mol. The van der Waals surface area contributed by atoms with E-state index in [0.29, 0.717) is 0 Å². The SMILES string of the molecule is Cc1ccc2nc(-c3ccc(I)c(N)c3)sc2c1.